The Morgan fingerprint density at radius 1 is 1.39 bits per heavy atom. The smallest absolute Gasteiger partial charge is 0.318 e. The number of amides is 2. The van der Waals surface area contributed by atoms with Gasteiger partial charge in [0, 0.05) is 44.3 Å². The van der Waals surface area contributed by atoms with E-state index in [-0.39, 0.29) is 12.1 Å². The monoisotopic (exact) mass is 320 g/mol. The van der Waals surface area contributed by atoms with Crippen LogP contribution in [-0.2, 0) is 0 Å². The van der Waals surface area contributed by atoms with Gasteiger partial charge in [0.2, 0.25) is 0 Å². The third-order valence-electron chi connectivity index (χ3n) is 5.06. The van der Waals surface area contributed by atoms with E-state index in [2.05, 4.69) is 54.4 Å². The number of likely N-dealkylation sites (N-methyl/N-ethyl adjacent to an activating group) is 1. The summed E-state index contributed by atoms with van der Waals surface area (Å²) in [7, 11) is 4.25. The van der Waals surface area contributed by atoms with Crippen LogP contribution in [0.4, 0.5) is 4.79 Å². The van der Waals surface area contributed by atoms with Crippen molar-refractivity contribution in [1.29, 1.82) is 0 Å². The Bertz CT molecular complexity index is 472. The summed E-state index contributed by atoms with van der Waals surface area (Å²) in [6.45, 7) is 9.72. The maximum Gasteiger partial charge on any atom is 0.318 e. The molecule has 1 N–H and O–H groups in total. The summed E-state index contributed by atoms with van der Waals surface area (Å²) in [6, 6.07) is 1.24. The zero-order chi connectivity index (χ0) is 17.0. The third kappa shape index (κ3) is 4.58. The van der Waals surface area contributed by atoms with E-state index >= 15 is 0 Å². The predicted molar refractivity (Wildman–Crippen MR) is 95.6 cm³/mol. The Morgan fingerprint density at radius 2 is 2.09 bits per heavy atom. The Labute approximate surface area is 141 Å². The molecule has 1 saturated heterocycles. The van der Waals surface area contributed by atoms with Crippen molar-refractivity contribution in [3.8, 4) is 0 Å². The number of urea groups is 1. The van der Waals surface area contributed by atoms with Gasteiger partial charge in [0.05, 0.1) is 0 Å². The van der Waals surface area contributed by atoms with Gasteiger partial charge in [-0.2, -0.15) is 0 Å². The molecule has 0 spiro atoms. The van der Waals surface area contributed by atoms with Gasteiger partial charge in [-0.25, -0.2) is 4.79 Å². The Kier molecular flexibility index (Phi) is 6.25. The van der Waals surface area contributed by atoms with E-state index in [1.165, 1.54) is 12.0 Å². The van der Waals surface area contributed by atoms with Crippen LogP contribution in [0, 0.1) is 0 Å². The number of allylic oxidation sites excluding steroid dienone is 1. The molecule has 5 heteroatoms. The Morgan fingerprint density at radius 3 is 2.74 bits per heavy atom. The maximum atomic E-state index is 12.6. The number of carbonyl (C=O) groups excluding carboxylic acids is 1. The number of fused-ring (bicyclic) bond motifs is 1. The summed E-state index contributed by atoms with van der Waals surface area (Å²) < 4.78 is 0. The van der Waals surface area contributed by atoms with Crippen molar-refractivity contribution in [1.82, 2.24) is 20.0 Å². The quantitative estimate of drug-likeness (QED) is 0.805. The van der Waals surface area contributed by atoms with Crippen molar-refractivity contribution in [3.63, 3.8) is 0 Å². The molecule has 3 atom stereocenters. The van der Waals surface area contributed by atoms with Crippen LogP contribution in [0.1, 0.15) is 27.2 Å². The van der Waals surface area contributed by atoms with Crippen molar-refractivity contribution < 1.29 is 4.79 Å². The van der Waals surface area contributed by atoms with Crippen LogP contribution < -0.4 is 5.32 Å². The molecule has 5 nitrogen and oxygen atoms in total. The molecule has 0 bridgehead atoms. The first-order valence-corrected chi connectivity index (χ1v) is 8.66. The van der Waals surface area contributed by atoms with Gasteiger partial charge in [-0.05, 0) is 41.3 Å². The highest BCUT2D eigenvalue weighted by molar-refractivity contribution is 5.75. The van der Waals surface area contributed by atoms with Crippen LogP contribution in [0.25, 0.3) is 0 Å². The van der Waals surface area contributed by atoms with Crippen molar-refractivity contribution in [2.24, 2.45) is 0 Å². The Hall–Kier alpha value is -1.33. The van der Waals surface area contributed by atoms with Gasteiger partial charge in [0.15, 0.2) is 0 Å². The lowest BCUT2D eigenvalue weighted by molar-refractivity contribution is -0.00226. The van der Waals surface area contributed by atoms with Crippen molar-refractivity contribution in [3.05, 3.63) is 23.8 Å². The molecule has 0 aliphatic carbocycles. The van der Waals surface area contributed by atoms with E-state index < -0.39 is 0 Å². The fraction of sp³-hybridized carbons (Fsp3) is 0.722. The standard InChI is InChI=1S/C18H32N4O/c1-6-14(2)15(3)19-18(23)21-9-7-8-10-22-16(12-20(4)5)11-17(22)13-21/h6-8,15-17H,9-13H2,1-5H3,(H,19,23)/b8-7-,14-6-/t15-,16-,17+/m0/s1. The van der Waals surface area contributed by atoms with Crippen LogP contribution in [0.2, 0.25) is 0 Å². The summed E-state index contributed by atoms with van der Waals surface area (Å²) in [6.07, 6.45) is 7.56. The molecular formula is C18H32N4O. The molecule has 0 aromatic carbocycles. The van der Waals surface area contributed by atoms with Crippen molar-refractivity contribution >= 4 is 6.03 Å². The van der Waals surface area contributed by atoms with Crippen LogP contribution in [-0.4, -0.2) is 79.1 Å². The average Bonchev–Trinajstić information content (AvgIpc) is 2.47. The van der Waals surface area contributed by atoms with Crippen molar-refractivity contribution in [2.45, 2.75) is 45.3 Å². The average molecular weight is 320 g/mol. The molecule has 0 unspecified atom stereocenters. The van der Waals surface area contributed by atoms with E-state index in [0.717, 1.165) is 19.6 Å². The fourth-order valence-electron chi connectivity index (χ4n) is 3.36. The topological polar surface area (TPSA) is 38.8 Å². The maximum absolute atomic E-state index is 12.6. The molecule has 0 saturated carbocycles. The highest BCUT2D eigenvalue weighted by Gasteiger charge is 2.39. The lowest BCUT2D eigenvalue weighted by Gasteiger charge is -2.51. The van der Waals surface area contributed by atoms with Gasteiger partial charge < -0.3 is 15.1 Å². The minimum atomic E-state index is 0.0428. The summed E-state index contributed by atoms with van der Waals surface area (Å²) >= 11 is 0. The number of hydrogen-bond donors (Lipinski definition) is 1. The highest BCUT2D eigenvalue weighted by Crippen LogP contribution is 2.27. The first-order valence-electron chi connectivity index (χ1n) is 8.66. The minimum Gasteiger partial charge on any atom is -0.332 e. The molecule has 2 aliphatic rings. The zero-order valence-electron chi connectivity index (χ0n) is 15.2. The van der Waals surface area contributed by atoms with E-state index in [9.17, 15) is 4.79 Å². The number of carbonyl (C=O) groups is 1. The molecule has 0 aromatic rings. The van der Waals surface area contributed by atoms with Crippen LogP contribution in [0.5, 0.6) is 0 Å². The number of rotatable bonds is 4. The minimum absolute atomic E-state index is 0.0428. The normalized spacial score (nSPS) is 28.4. The SMILES string of the molecule is C/C=C(/C)[C@H](C)NC(=O)N1C/C=C\CN2[C@H](C[C@H]2CN(C)C)C1. The van der Waals surface area contributed by atoms with E-state index in [0.29, 0.717) is 18.6 Å². The van der Waals surface area contributed by atoms with Crippen LogP contribution >= 0.6 is 0 Å². The second-order valence-corrected chi connectivity index (χ2v) is 7.08. The van der Waals surface area contributed by atoms with Crippen molar-refractivity contribution in [2.75, 3.05) is 40.3 Å². The number of nitrogens with zero attached hydrogens (tertiary/aromatic N) is 3. The van der Waals surface area contributed by atoms with Gasteiger partial charge in [-0.1, -0.05) is 23.8 Å². The largest absolute Gasteiger partial charge is 0.332 e. The van der Waals surface area contributed by atoms with Crippen LogP contribution in [0.3, 0.4) is 0 Å². The molecule has 0 radical (unpaired) electrons. The van der Waals surface area contributed by atoms with Crippen LogP contribution in [0.15, 0.2) is 23.8 Å². The third-order valence-corrected chi connectivity index (χ3v) is 5.06. The summed E-state index contributed by atoms with van der Waals surface area (Å²) in [5, 5.41) is 3.11. The molecule has 1 fully saturated rings. The van der Waals surface area contributed by atoms with E-state index in [4.69, 9.17) is 0 Å². The van der Waals surface area contributed by atoms with E-state index in [1.54, 1.807) is 0 Å². The molecule has 2 rings (SSSR count). The van der Waals surface area contributed by atoms with Gasteiger partial charge in [-0.3, -0.25) is 4.90 Å². The van der Waals surface area contributed by atoms with Gasteiger partial charge >= 0.3 is 6.03 Å². The summed E-state index contributed by atoms with van der Waals surface area (Å²) in [4.78, 5) is 19.3. The second kappa shape index (κ2) is 7.97. The molecule has 0 aromatic heterocycles. The molecule has 2 aliphatic heterocycles. The molecule has 130 valence electrons. The second-order valence-electron chi connectivity index (χ2n) is 7.08. The number of nitrogens with one attached hydrogen (secondary N) is 1. The highest BCUT2D eigenvalue weighted by atomic mass is 16.2. The molecule has 2 amide bonds. The predicted octanol–water partition coefficient (Wildman–Crippen LogP) is 1.93. The zero-order valence-corrected chi connectivity index (χ0v) is 15.2. The molecular weight excluding hydrogens is 288 g/mol. The summed E-state index contributed by atoms with van der Waals surface area (Å²) in [5.41, 5.74) is 1.19. The lowest BCUT2D eigenvalue weighted by atomic mass is 9.91. The van der Waals surface area contributed by atoms with E-state index in [1.807, 2.05) is 18.7 Å². The fourth-order valence-corrected chi connectivity index (χ4v) is 3.36. The Balaban J connectivity index is 1.93. The summed E-state index contributed by atoms with van der Waals surface area (Å²) in [5.74, 6) is 0. The first-order chi connectivity index (χ1) is 10.9. The number of hydrogen-bond acceptors (Lipinski definition) is 3. The van der Waals surface area contributed by atoms with Gasteiger partial charge in [-0.15, -0.1) is 0 Å². The first kappa shape index (κ1) is 18.0. The van der Waals surface area contributed by atoms with Gasteiger partial charge in [0.25, 0.3) is 0 Å². The van der Waals surface area contributed by atoms with Gasteiger partial charge in [0.1, 0.15) is 0 Å². The lowest BCUT2D eigenvalue weighted by Crippen LogP contribution is -2.64. The molecule has 23 heavy (non-hydrogen) atoms. The molecule has 2 heterocycles.